The monoisotopic (exact) mass is 317 g/mol. The van der Waals surface area contributed by atoms with Crippen LogP contribution in [0.2, 0.25) is 0 Å². The van der Waals surface area contributed by atoms with Crippen molar-refractivity contribution in [2.75, 3.05) is 0 Å². The van der Waals surface area contributed by atoms with Crippen LogP contribution in [0.4, 0.5) is 0 Å². The second kappa shape index (κ2) is 6.60. The molecule has 2 aromatic rings. The van der Waals surface area contributed by atoms with Crippen LogP contribution in [0.5, 0.6) is 0 Å². The summed E-state index contributed by atoms with van der Waals surface area (Å²) in [5, 5.41) is 12.1. The summed E-state index contributed by atoms with van der Waals surface area (Å²) < 4.78 is 1.35. The number of aromatic nitrogens is 2. The number of nitrogens with one attached hydrogen (secondary N) is 1. The summed E-state index contributed by atoms with van der Waals surface area (Å²) >= 11 is 0. The number of carbonyl (C=O) groups excluding carboxylic acids is 1. The SMILES string of the molecule is CCC(C)(NC(=O)CCn1cnc2ccccc2c1=O)C(=O)O. The van der Waals surface area contributed by atoms with Gasteiger partial charge in [-0.2, -0.15) is 0 Å². The molecule has 1 heterocycles. The van der Waals surface area contributed by atoms with E-state index in [9.17, 15) is 14.4 Å². The Labute approximate surface area is 133 Å². The molecule has 1 aromatic heterocycles. The van der Waals surface area contributed by atoms with Gasteiger partial charge in [-0.3, -0.25) is 14.2 Å². The molecule has 0 bridgehead atoms. The standard InChI is InChI=1S/C16H19N3O4/c1-3-16(2,15(22)23)18-13(20)8-9-19-10-17-12-7-5-4-6-11(12)14(19)21/h4-7,10H,3,8-9H2,1-2H3,(H,18,20)(H,22,23). The lowest BCUT2D eigenvalue weighted by atomic mass is 9.99. The number of carboxylic acids is 1. The van der Waals surface area contributed by atoms with Crippen molar-refractivity contribution in [3.8, 4) is 0 Å². The zero-order valence-corrected chi connectivity index (χ0v) is 13.1. The lowest BCUT2D eigenvalue weighted by Crippen LogP contribution is -2.51. The van der Waals surface area contributed by atoms with Gasteiger partial charge < -0.3 is 10.4 Å². The van der Waals surface area contributed by atoms with Gasteiger partial charge in [-0.1, -0.05) is 19.1 Å². The van der Waals surface area contributed by atoms with E-state index in [0.717, 1.165) is 0 Å². The van der Waals surface area contributed by atoms with Crippen molar-refractivity contribution >= 4 is 22.8 Å². The highest BCUT2D eigenvalue weighted by molar-refractivity contribution is 5.86. The fourth-order valence-corrected chi connectivity index (χ4v) is 2.15. The molecule has 7 nitrogen and oxygen atoms in total. The zero-order chi connectivity index (χ0) is 17.0. The Morgan fingerprint density at radius 2 is 2.04 bits per heavy atom. The molecule has 0 aliphatic rings. The maximum atomic E-state index is 12.3. The van der Waals surface area contributed by atoms with Crippen LogP contribution in [0.15, 0.2) is 35.4 Å². The molecule has 0 saturated carbocycles. The summed E-state index contributed by atoms with van der Waals surface area (Å²) in [7, 11) is 0. The van der Waals surface area contributed by atoms with E-state index in [1.807, 2.05) is 0 Å². The van der Waals surface area contributed by atoms with Gasteiger partial charge in [-0.15, -0.1) is 0 Å². The van der Waals surface area contributed by atoms with E-state index >= 15 is 0 Å². The fraction of sp³-hybridized carbons (Fsp3) is 0.375. The van der Waals surface area contributed by atoms with E-state index in [-0.39, 0.29) is 24.9 Å². The fourth-order valence-electron chi connectivity index (χ4n) is 2.15. The Bertz CT molecular complexity index is 799. The van der Waals surface area contributed by atoms with Crippen molar-refractivity contribution in [3.63, 3.8) is 0 Å². The molecule has 1 unspecified atom stereocenters. The van der Waals surface area contributed by atoms with Gasteiger partial charge in [0, 0.05) is 13.0 Å². The van der Waals surface area contributed by atoms with Crippen molar-refractivity contribution in [2.45, 2.75) is 38.8 Å². The highest BCUT2D eigenvalue weighted by atomic mass is 16.4. The smallest absolute Gasteiger partial charge is 0.329 e. The van der Waals surface area contributed by atoms with Gasteiger partial charge in [0.2, 0.25) is 5.91 Å². The molecular formula is C16H19N3O4. The second-order valence-electron chi connectivity index (χ2n) is 5.55. The van der Waals surface area contributed by atoms with Gasteiger partial charge in [-0.25, -0.2) is 9.78 Å². The summed E-state index contributed by atoms with van der Waals surface area (Å²) in [6.07, 6.45) is 1.67. The van der Waals surface area contributed by atoms with Crippen LogP contribution in [0.3, 0.4) is 0 Å². The third-order valence-corrected chi connectivity index (χ3v) is 3.91. The Balaban J connectivity index is 2.09. The molecule has 0 radical (unpaired) electrons. The highest BCUT2D eigenvalue weighted by Crippen LogP contribution is 2.10. The molecule has 1 amide bonds. The van der Waals surface area contributed by atoms with Crippen molar-refractivity contribution in [1.29, 1.82) is 0 Å². The minimum absolute atomic E-state index is 0.00277. The van der Waals surface area contributed by atoms with E-state index in [0.29, 0.717) is 10.9 Å². The number of fused-ring (bicyclic) bond motifs is 1. The molecule has 23 heavy (non-hydrogen) atoms. The van der Waals surface area contributed by atoms with Crippen LogP contribution >= 0.6 is 0 Å². The molecule has 0 spiro atoms. The van der Waals surface area contributed by atoms with Crippen LogP contribution in [-0.4, -0.2) is 32.1 Å². The van der Waals surface area contributed by atoms with Crippen LogP contribution in [0.1, 0.15) is 26.7 Å². The average molecular weight is 317 g/mol. The summed E-state index contributed by atoms with van der Waals surface area (Å²) in [5.74, 6) is -1.50. The molecule has 0 saturated heterocycles. The molecule has 0 fully saturated rings. The molecule has 1 atom stereocenters. The normalized spacial score (nSPS) is 13.5. The quantitative estimate of drug-likeness (QED) is 0.832. The third kappa shape index (κ3) is 3.56. The number of nitrogens with zero attached hydrogens (tertiary/aromatic N) is 2. The molecule has 0 aliphatic carbocycles. The van der Waals surface area contributed by atoms with E-state index < -0.39 is 17.4 Å². The first-order valence-corrected chi connectivity index (χ1v) is 7.36. The molecule has 0 aliphatic heterocycles. The number of carboxylic acid groups (broad SMARTS) is 1. The zero-order valence-electron chi connectivity index (χ0n) is 13.1. The van der Waals surface area contributed by atoms with Crippen LogP contribution in [0.25, 0.3) is 10.9 Å². The average Bonchev–Trinajstić information content (AvgIpc) is 2.54. The topological polar surface area (TPSA) is 101 Å². The summed E-state index contributed by atoms with van der Waals surface area (Å²) in [6, 6.07) is 6.97. The lowest BCUT2D eigenvalue weighted by Gasteiger charge is -2.24. The largest absolute Gasteiger partial charge is 0.480 e. The van der Waals surface area contributed by atoms with Gasteiger partial charge in [-0.05, 0) is 25.5 Å². The number of hydrogen-bond donors (Lipinski definition) is 2. The van der Waals surface area contributed by atoms with Crippen molar-refractivity contribution in [3.05, 3.63) is 40.9 Å². The van der Waals surface area contributed by atoms with Crippen LogP contribution in [-0.2, 0) is 16.1 Å². The summed E-state index contributed by atoms with van der Waals surface area (Å²) in [4.78, 5) is 39.6. The highest BCUT2D eigenvalue weighted by Gasteiger charge is 2.32. The molecule has 2 rings (SSSR count). The Morgan fingerprint density at radius 1 is 1.35 bits per heavy atom. The predicted molar refractivity (Wildman–Crippen MR) is 85.1 cm³/mol. The number of aliphatic carboxylic acids is 1. The van der Waals surface area contributed by atoms with Crippen molar-refractivity contribution in [1.82, 2.24) is 14.9 Å². The molecule has 7 heteroatoms. The van der Waals surface area contributed by atoms with E-state index in [4.69, 9.17) is 5.11 Å². The lowest BCUT2D eigenvalue weighted by molar-refractivity contribution is -0.147. The van der Waals surface area contributed by atoms with Gasteiger partial charge in [0.25, 0.3) is 5.56 Å². The third-order valence-electron chi connectivity index (χ3n) is 3.91. The molecule has 1 aromatic carbocycles. The second-order valence-corrected chi connectivity index (χ2v) is 5.55. The Morgan fingerprint density at radius 3 is 2.70 bits per heavy atom. The minimum atomic E-state index is -1.30. The maximum absolute atomic E-state index is 12.3. The number of hydrogen-bond acceptors (Lipinski definition) is 4. The number of aryl methyl sites for hydroxylation is 1. The number of benzene rings is 1. The maximum Gasteiger partial charge on any atom is 0.329 e. The van der Waals surface area contributed by atoms with Gasteiger partial charge >= 0.3 is 5.97 Å². The Hall–Kier alpha value is -2.70. The van der Waals surface area contributed by atoms with Crippen molar-refractivity contribution in [2.24, 2.45) is 0 Å². The number of para-hydroxylation sites is 1. The van der Waals surface area contributed by atoms with Crippen LogP contribution < -0.4 is 10.9 Å². The van der Waals surface area contributed by atoms with Crippen LogP contribution in [0, 0.1) is 0 Å². The minimum Gasteiger partial charge on any atom is -0.480 e. The molecule has 2 N–H and O–H groups in total. The summed E-state index contributed by atoms with van der Waals surface area (Å²) in [6.45, 7) is 3.28. The predicted octanol–water partition coefficient (Wildman–Crippen LogP) is 1.16. The van der Waals surface area contributed by atoms with E-state index in [1.165, 1.54) is 17.8 Å². The molecule has 122 valence electrons. The first-order chi connectivity index (χ1) is 10.9. The number of amides is 1. The van der Waals surface area contributed by atoms with Gasteiger partial charge in [0.05, 0.1) is 17.2 Å². The van der Waals surface area contributed by atoms with Gasteiger partial charge in [0.1, 0.15) is 5.54 Å². The summed E-state index contributed by atoms with van der Waals surface area (Å²) in [5.41, 5.74) is -0.925. The van der Waals surface area contributed by atoms with Crippen molar-refractivity contribution < 1.29 is 14.7 Å². The Kier molecular flexibility index (Phi) is 4.78. The first kappa shape index (κ1) is 16.7. The van der Waals surface area contributed by atoms with Gasteiger partial charge in [0.15, 0.2) is 0 Å². The number of carbonyl (C=O) groups is 2. The van der Waals surface area contributed by atoms with E-state index in [1.54, 1.807) is 31.2 Å². The van der Waals surface area contributed by atoms with E-state index in [2.05, 4.69) is 10.3 Å². The number of rotatable bonds is 6. The molecular weight excluding hydrogens is 298 g/mol. The first-order valence-electron chi connectivity index (χ1n) is 7.36.